The number of hydrogen-bond donors (Lipinski definition) is 2. The van der Waals surface area contributed by atoms with E-state index in [1.165, 1.54) is 23.9 Å². The first-order valence-corrected chi connectivity index (χ1v) is 12.9. The zero-order valence-electron chi connectivity index (χ0n) is 21.0. The Morgan fingerprint density at radius 3 is 2.56 bits per heavy atom. The highest BCUT2D eigenvalue weighted by atomic mass is 32.2. The largest absolute Gasteiger partial charge is 0.502 e. The third-order valence-electron chi connectivity index (χ3n) is 6.81. The van der Waals surface area contributed by atoms with Crippen LogP contribution in [0.4, 0.5) is 17.6 Å². The number of benzene rings is 2. The monoisotopic (exact) mass is 563 g/mol. The number of pyridine rings is 1. The van der Waals surface area contributed by atoms with Crippen LogP contribution in [-0.2, 0) is 5.75 Å². The number of nitrogens with two attached hydrogens (primary N) is 1. The van der Waals surface area contributed by atoms with Crippen molar-refractivity contribution in [3.63, 3.8) is 0 Å². The van der Waals surface area contributed by atoms with E-state index >= 15 is 0 Å². The van der Waals surface area contributed by atoms with Gasteiger partial charge in [-0.05, 0) is 55.2 Å². The Labute approximate surface area is 225 Å². The average molecular weight is 564 g/mol. The van der Waals surface area contributed by atoms with Crippen LogP contribution in [0.25, 0.3) is 0 Å². The van der Waals surface area contributed by atoms with E-state index in [0.29, 0.717) is 20.9 Å². The first kappa shape index (κ1) is 28.2. The molecule has 0 unspecified atom stereocenters. The number of nitrogens with zero attached hydrogens (tertiary/aromatic N) is 2. The van der Waals surface area contributed by atoms with Crippen LogP contribution >= 0.6 is 11.8 Å². The summed E-state index contributed by atoms with van der Waals surface area (Å²) in [6, 6.07) is 9.31. The van der Waals surface area contributed by atoms with Crippen molar-refractivity contribution >= 4 is 23.5 Å². The number of fused-ring (bicyclic) bond motifs is 2. The molecule has 2 heterocycles. The number of carbonyl (C=O) groups excluding carboxylic acids is 2. The normalized spacial score (nSPS) is 15.6. The summed E-state index contributed by atoms with van der Waals surface area (Å²) in [6.45, 7) is 1.39. The molecule has 3 aromatic rings. The second-order valence-electron chi connectivity index (χ2n) is 9.26. The molecule has 4 rings (SSSR count). The van der Waals surface area contributed by atoms with Gasteiger partial charge in [-0.3, -0.25) is 19.1 Å². The zero-order valence-corrected chi connectivity index (χ0v) is 21.8. The molecule has 0 saturated heterocycles. The van der Waals surface area contributed by atoms with E-state index in [4.69, 9.17) is 5.84 Å². The maximum Gasteiger partial charge on any atom is 0.408 e. The molecule has 0 radical (unpaired) electrons. The first-order valence-electron chi connectivity index (χ1n) is 11.9. The van der Waals surface area contributed by atoms with Crippen molar-refractivity contribution in [3.8, 4) is 5.75 Å². The number of aromatic nitrogens is 1. The summed E-state index contributed by atoms with van der Waals surface area (Å²) in [5, 5.41) is 10.4. The number of ketones is 1. The zero-order chi connectivity index (χ0) is 28.6. The molecule has 0 aliphatic carbocycles. The Morgan fingerprint density at radius 2 is 1.90 bits per heavy atom. The van der Waals surface area contributed by atoms with E-state index in [9.17, 15) is 37.1 Å². The summed E-state index contributed by atoms with van der Waals surface area (Å²) in [4.78, 5) is 39.0. The number of Topliss-reactive ketones (excluding diaryl/α,β-unsaturated/α-hetero) is 1. The van der Waals surface area contributed by atoms with E-state index in [1.54, 1.807) is 12.1 Å². The smallest absolute Gasteiger partial charge is 0.408 e. The second kappa shape index (κ2) is 10.8. The maximum absolute atomic E-state index is 14.0. The number of alkyl halides is 3. The average Bonchev–Trinajstić information content (AvgIpc) is 3.02. The van der Waals surface area contributed by atoms with Crippen molar-refractivity contribution < 1.29 is 32.3 Å². The van der Waals surface area contributed by atoms with E-state index in [-0.39, 0.29) is 6.42 Å². The fourth-order valence-electron chi connectivity index (χ4n) is 4.71. The summed E-state index contributed by atoms with van der Waals surface area (Å²) < 4.78 is 56.3. The lowest BCUT2D eigenvalue weighted by molar-refractivity contribution is -0.172. The maximum atomic E-state index is 14.0. The third-order valence-corrected chi connectivity index (χ3v) is 7.95. The lowest BCUT2D eigenvalue weighted by Crippen LogP contribution is -2.49. The number of aromatic hydroxyl groups is 1. The van der Waals surface area contributed by atoms with Crippen molar-refractivity contribution in [2.45, 2.75) is 49.1 Å². The molecule has 206 valence electrons. The van der Waals surface area contributed by atoms with Gasteiger partial charge in [-0.1, -0.05) is 24.3 Å². The van der Waals surface area contributed by atoms with Crippen LogP contribution in [0.15, 0.2) is 58.4 Å². The van der Waals surface area contributed by atoms with Gasteiger partial charge in [0, 0.05) is 29.3 Å². The quantitative estimate of drug-likeness (QED) is 0.253. The molecule has 1 aliphatic heterocycles. The molecule has 2 atom stereocenters. The van der Waals surface area contributed by atoms with Gasteiger partial charge < -0.3 is 15.8 Å². The standard InChI is InChI=1S/C27H25F4N3O4S/c1-14(35)21-12-34(32)23(25(37)24(21)36)26(38)33(15(2)27(29,30)31)10-9-19-18-8-7-17(28)11-16(18)13-39-22-6-4-3-5-20(19)22/h3-8,11-12,15,19,37H,9-10,13,32H2,1-2H3/t15-,19+/m1/s1. The van der Waals surface area contributed by atoms with Crippen molar-refractivity contribution in [3.05, 3.63) is 92.6 Å². The fourth-order valence-corrected chi connectivity index (χ4v) is 5.82. The Hall–Kier alpha value is -3.80. The molecular weight excluding hydrogens is 538 g/mol. The Balaban J connectivity index is 1.77. The van der Waals surface area contributed by atoms with Gasteiger partial charge in [0.2, 0.25) is 5.43 Å². The molecule has 0 fully saturated rings. The van der Waals surface area contributed by atoms with Crippen LogP contribution in [0.5, 0.6) is 5.75 Å². The lowest BCUT2D eigenvalue weighted by atomic mass is 9.85. The Bertz CT molecular complexity index is 1510. The highest BCUT2D eigenvalue weighted by molar-refractivity contribution is 7.98. The number of amides is 1. The van der Waals surface area contributed by atoms with Gasteiger partial charge in [-0.25, -0.2) is 4.39 Å². The molecular formula is C27H25F4N3O4S. The summed E-state index contributed by atoms with van der Waals surface area (Å²) in [6.07, 6.45) is -4.02. The minimum absolute atomic E-state index is 0.0173. The SMILES string of the molecule is CC(=O)c1cn(N)c(C(=O)N(CC[C@H]2c3ccc(F)cc3CSc3ccccc32)[C@H](C)C(F)(F)F)c(O)c1=O. The van der Waals surface area contributed by atoms with Crippen molar-refractivity contribution in [1.29, 1.82) is 0 Å². The number of hydrogen-bond acceptors (Lipinski definition) is 6. The summed E-state index contributed by atoms with van der Waals surface area (Å²) in [5.74, 6) is 2.03. The highest BCUT2D eigenvalue weighted by Crippen LogP contribution is 2.42. The Morgan fingerprint density at radius 1 is 1.21 bits per heavy atom. The minimum Gasteiger partial charge on any atom is -0.502 e. The molecule has 2 aromatic carbocycles. The topological polar surface area (TPSA) is 106 Å². The van der Waals surface area contributed by atoms with Crippen LogP contribution in [0.2, 0.25) is 0 Å². The van der Waals surface area contributed by atoms with Crippen LogP contribution in [0.1, 0.15) is 63.7 Å². The second-order valence-corrected chi connectivity index (χ2v) is 10.3. The first-order chi connectivity index (χ1) is 18.3. The van der Waals surface area contributed by atoms with E-state index in [2.05, 4.69) is 0 Å². The number of thioether (sulfide) groups is 1. The van der Waals surface area contributed by atoms with Gasteiger partial charge in [0.05, 0.1) is 5.56 Å². The number of halogens is 4. The van der Waals surface area contributed by atoms with Gasteiger partial charge in [0.1, 0.15) is 11.9 Å². The summed E-state index contributed by atoms with van der Waals surface area (Å²) in [5.41, 5.74) is -0.359. The highest BCUT2D eigenvalue weighted by Gasteiger charge is 2.44. The third kappa shape index (κ3) is 5.51. The van der Waals surface area contributed by atoms with Crippen LogP contribution < -0.4 is 11.3 Å². The molecule has 1 aromatic heterocycles. The van der Waals surface area contributed by atoms with E-state index in [1.807, 2.05) is 18.2 Å². The molecule has 3 N–H and O–H groups in total. The van der Waals surface area contributed by atoms with Crippen molar-refractivity contribution in [2.75, 3.05) is 12.4 Å². The van der Waals surface area contributed by atoms with Gasteiger partial charge in [0.15, 0.2) is 17.2 Å². The predicted molar refractivity (Wildman–Crippen MR) is 138 cm³/mol. The molecule has 12 heteroatoms. The molecule has 7 nitrogen and oxygen atoms in total. The molecule has 1 amide bonds. The number of carbonyl (C=O) groups is 2. The predicted octanol–water partition coefficient (Wildman–Crippen LogP) is 4.83. The van der Waals surface area contributed by atoms with Gasteiger partial charge in [-0.15, -0.1) is 11.8 Å². The van der Waals surface area contributed by atoms with E-state index < -0.39 is 64.6 Å². The number of nitrogen functional groups attached to an aromatic ring is 1. The fraction of sp³-hybridized carbons (Fsp3) is 0.296. The van der Waals surface area contributed by atoms with Crippen LogP contribution in [0, 0.1) is 5.82 Å². The number of rotatable bonds is 6. The molecule has 0 saturated carbocycles. The van der Waals surface area contributed by atoms with Crippen LogP contribution in [-0.4, -0.2) is 45.1 Å². The van der Waals surface area contributed by atoms with Gasteiger partial charge in [-0.2, -0.15) is 13.2 Å². The molecule has 39 heavy (non-hydrogen) atoms. The summed E-state index contributed by atoms with van der Waals surface area (Å²) in [7, 11) is 0. The summed E-state index contributed by atoms with van der Waals surface area (Å²) >= 11 is 1.48. The molecule has 0 spiro atoms. The Kier molecular flexibility index (Phi) is 7.78. The van der Waals surface area contributed by atoms with Crippen molar-refractivity contribution in [2.24, 2.45) is 0 Å². The minimum atomic E-state index is -4.84. The van der Waals surface area contributed by atoms with Gasteiger partial charge >= 0.3 is 6.18 Å². The van der Waals surface area contributed by atoms with E-state index in [0.717, 1.165) is 36.1 Å². The lowest BCUT2D eigenvalue weighted by Gasteiger charge is -2.33. The molecule has 1 aliphatic rings. The van der Waals surface area contributed by atoms with Crippen LogP contribution in [0.3, 0.4) is 0 Å². The van der Waals surface area contributed by atoms with Gasteiger partial charge in [0.25, 0.3) is 5.91 Å². The van der Waals surface area contributed by atoms with Crippen molar-refractivity contribution in [1.82, 2.24) is 9.58 Å². The molecule has 0 bridgehead atoms.